The largest absolute Gasteiger partial charge is 0.354 e. The summed E-state index contributed by atoms with van der Waals surface area (Å²) in [5.74, 6) is 0.877. The molecule has 1 aromatic carbocycles. The highest BCUT2D eigenvalue weighted by molar-refractivity contribution is 6.04. The molecule has 0 aliphatic carbocycles. The lowest BCUT2D eigenvalue weighted by molar-refractivity contribution is 0.102. The van der Waals surface area contributed by atoms with Crippen LogP contribution in [0, 0.1) is 0 Å². The number of likely N-dealkylation sites (N-methyl/N-ethyl adjacent to an activating group) is 1. The maximum Gasteiger partial charge on any atom is 0.255 e. The van der Waals surface area contributed by atoms with E-state index in [1.165, 1.54) is 37.9 Å². The molecule has 4 rings (SSSR count). The number of pyridine rings is 1. The van der Waals surface area contributed by atoms with Crippen molar-refractivity contribution in [2.45, 2.75) is 25.8 Å². The van der Waals surface area contributed by atoms with Gasteiger partial charge in [0.15, 0.2) is 0 Å². The Hall–Kier alpha value is -2.44. The van der Waals surface area contributed by atoms with Crippen molar-refractivity contribution >= 4 is 17.4 Å². The number of nitrogens with one attached hydrogen (secondary N) is 1. The Morgan fingerprint density at radius 3 is 2.31 bits per heavy atom. The van der Waals surface area contributed by atoms with Crippen molar-refractivity contribution in [3.8, 4) is 0 Å². The van der Waals surface area contributed by atoms with Crippen LogP contribution in [0.25, 0.3) is 0 Å². The lowest BCUT2D eigenvalue weighted by atomic mass is 10.1. The molecule has 2 saturated heterocycles. The molecule has 6 heteroatoms. The summed E-state index contributed by atoms with van der Waals surface area (Å²) in [6.07, 6.45) is 5.68. The zero-order valence-corrected chi connectivity index (χ0v) is 17.3. The van der Waals surface area contributed by atoms with E-state index in [2.05, 4.69) is 44.2 Å². The maximum absolute atomic E-state index is 12.6. The van der Waals surface area contributed by atoms with Crippen LogP contribution in [0.15, 0.2) is 42.6 Å². The molecule has 29 heavy (non-hydrogen) atoms. The van der Waals surface area contributed by atoms with Gasteiger partial charge >= 0.3 is 0 Å². The monoisotopic (exact) mass is 393 g/mol. The fourth-order valence-electron chi connectivity index (χ4n) is 4.02. The van der Waals surface area contributed by atoms with E-state index in [0.29, 0.717) is 5.56 Å². The molecule has 1 N–H and O–H groups in total. The third-order valence-electron chi connectivity index (χ3n) is 5.90. The molecule has 0 bridgehead atoms. The van der Waals surface area contributed by atoms with Crippen LogP contribution < -0.4 is 10.2 Å². The van der Waals surface area contributed by atoms with E-state index in [4.69, 9.17) is 0 Å². The molecule has 0 spiro atoms. The third kappa shape index (κ3) is 5.34. The molecule has 1 amide bonds. The normalized spacial score (nSPS) is 18.6. The topological polar surface area (TPSA) is 51.7 Å². The Morgan fingerprint density at radius 2 is 1.66 bits per heavy atom. The van der Waals surface area contributed by atoms with Gasteiger partial charge in [0.1, 0.15) is 5.82 Å². The van der Waals surface area contributed by atoms with Gasteiger partial charge in [-0.3, -0.25) is 9.69 Å². The number of aromatic nitrogens is 1. The summed E-state index contributed by atoms with van der Waals surface area (Å²) in [6.45, 7) is 7.40. The van der Waals surface area contributed by atoms with Crippen molar-refractivity contribution in [1.29, 1.82) is 0 Å². The Labute approximate surface area is 173 Å². The van der Waals surface area contributed by atoms with E-state index in [-0.39, 0.29) is 5.91 Å². The number of carbonyl (C=O) groups is 1. The molecule has 3 heterocycles. The highest BCUT2D eigenvalue weighted by atomic mass is 16.1. The highest BCUT2D eigenvalue weighted by Gasteiger charge is 2.15. The standard InChI is InChI=1S/C23H31N5O/c1-26-13-15-28(16-14-26)22-10-9-21(17-24-22)25-23(29)20-7-5-19(6-8-20)18-27-11-3-2-4-12-27/h5-10,17H,2-4,11-16,18H2,1H3,(H,25,29). The molecule has 1 aromatic heterocycles. The Kier molecular flexibility index (Phi) is 6.42. The van der Waals surface area contributed by atoms with E-state index in [1.54, 1.807) is 6.20 Å². The smallest absolute Gasteiger partial charge is 0.255 e. The van der Waals surface area contributed by atoms with Crippen molar-refractivity contribution in [1.82, 2.24) is 14.8 Å². The number of benzene rings is 1. The van der Waals surface area contributed by atoms with Crippen molar-refractivity contribution < 1.29 is 4.79 Å². The number of carbonyl (C=O) groups excluding carboxylic acids is 1. The molecule has 0 unspecified atom stereocenters. The molecule has 2 aliphatic heterocycles. The van der Waals surface area contributed by atoms with Crippen LogP contribution in [0.3, 0.4) is 0 Å². The average molecular weight is 394 g/mol. The Morgan fingerprint density at radius 1 is 0.931 bits per heavy atom. The number of likely N-dealkylation sites (tertiary alicyclic amines) is 1. The molecule has 154 valence electrons. The van der Waals surface area contributed by atoms with Crippen LogP contribution in [0.2, 0.25) is 0 Å². The van der Waals surface area contributed by atoms with Gasteiger partial charge < -0.3 is 15.1 Å². The number of piperidine rings is 1. The van der Waals surface area contributed by atoms with Gasteiger partial charge in [-0.15, -0.1) is 0 Å². The zero-order chi connectivity index (χ0) is 20.1. The zero-order valence-electron chi connectivity index (χ0n) is 17.3. The van der Waals surface area contributed by atoms with Gasteiger partial charge in [-0.1, -0.05) is 18.6 Å². The predicted octanol–water partition coefficient (Wildman–Crippen LogP) is 3.07. The maximum atomic E-state index is 12.6. The minimum Gasteiger partial charge on any atom is -0.354 e. The van der Waals surface area contributed by atoms with Gasteiger partial charge in [0.05, 0.1) is 11.9 Å². The average Bonchev–Trinajstić information content (AvgIpc) is 2.76. The number of amides is 1. The molecule has 6 nitrogen and oxygen atoms in total. The van der Waals surface area contributed by atoms with Crippen molar-refractivity contribution in [3.05, 3.63) is 53.7 Å². The van der Waals surface area contributed by atoms with Gasteiger partial charge in [0.2, 0.25) is 0 Å². The van der Waals surface area contributed by atoms with Crippen molar-refractivity contribution in [3.63, 3.8) is 0 Å². The first-order valence-electron chi connectivity index (χ1n) is 10.7. The van der Waals surface area contributed by atoms with Crippen LogP contribution in [-0.4, -0.2) is 67.0 Å². The van der Waals surface area contributed by atoms with Crippen LogP contribution >= 0.6 is 0 Å². The van der Waals surface area contributed by atoms with Gasteiger partial charge in [-0.2, -0.15) is 0 Å². The minimum absolute atomic E-state index is 0.0938. The Bertz CT molecular complexity index is 791. The first-order valence-corrected chi connectivity index (χ1v) is 10.7. The van der Waals surface area contributed by atoms with Crippen LogP contribution in [0.5, 0.6) is 0 Å². The number of nitrogens with zero attached hydrogens (tertiary/aromatic N) is 4. The van der Waals surface area contributed by atoms with Crippen LogP contribution in [0.1, 0.15) is 35.2 Å². The second kappa shape index (κ2) is 9.37. The lowest BCUT2D eigenvalue weighted by Gasteiger charge is -2.33. The summed E-state index contributed by atoms with van der Waals surface area (Å²) in [7, 11) is 2.14. The highest BCUT2D eigenvalue weighted by Crippen LogP contribution is 2.17. The number of anilines is 2. The van der Waals surface area contributed by atoms with Crippen molar-refractivity contribution in [2.75, 3.05) is 56.5 Å². The fourth-order valence-corrected chi connectivity index (χ4v) is 4.02. The van der Waals surface area contributed by atoms with Crippen LogP contribution in [0.4, 0.5) is 11.5 Å². The first kappa shape index (κ1) is 19.9. The second-order valence-electron chi connectivity index (χ2n) is 8.18. The van der Waals surface area contributed by atoms with E-state index in [1.807, 2.05) is 24.3 Å². The SMILES string of the molecule is CN1CCN(c2ccc(NC(=O)c3ccc(CN4CCCCC4)cc3)cn2)CC1. The summed E-state index contributed by atoms with van der Waals surface area (Å²) in [5, 5.41) is 2.96. The lowest BCUT2D eigenvalue weighted by Crippen LogP contribution is -2.44. The van der Waals surface area contributed by atoms with E-state index in [0.717, 1.165) is 44.2 Å². The number of rotatable bonds is 5. The van der Waals surface area contributed by atoms with Crippen molar-refractivity contribution in [2.24, 2.45) is 0 Å². The van der Waals surface area contributed by atoms with E-state index >= 15 is 0 Å². The minimum atomic E-state index is -0.0938. The van der Waals surface area contributed by atoms with Gasteiger partial charge in [0.25, 0.3) is 5.91 Å². The fraction of sp³-hybridized carbons (Fsp3) is 0.478. The van der Waals surface area contributed by atoms with Gasteiger partial charge in [0, 0.05) is 38.3 Å². The van der Waals surface area contributed by atoms with Crippen LogP contribution in [-0.2, 0) is 6.54 Å². The summed E-state index contributed by atoms with van der Waals surface area (Å²) >= 11 is 0. The molecule has 0 saturated carbocycles. The molecule has 2 aliphatic rings. The quantitative estimate of drug-likeness (QED) is 0.846. The summed E-state index contributed by atoms with van der Waals surface area (Å²) < 4.78 is 0. The number of piperazine rings is 1. The number of hydrogen-bond donors (Lipinski definition) is 1. The molecular formula is C23H31N5O. The van der Waals surface area contributed by atoms with E-state index in [9.17, 15) is 4.79 Å². The van der Waals surface area contributed by atoms with E-state index < -0.39 is 0 Å². The molecule has 2 aromatic rings. The summed E-state index contributed by atoms with van der Waals surface area (Å²) in [5.41, 5.74) is 2.67. The predicted molar refractivity (Wildman–Crippen MR) is 117 cm³/mol. The first-order chi connectivity index (χ1) is 14.2. The van der Waals surface area contributed by atoms with Gasteiger partial charge in [-0.25, -0.2) is 4.98 Å². The van der Waals surface area contributed by atoms with Gasteiger partial charge in [-0.05, 0) is 62.8 Å². The summed E-state index contributed by atoms with van der Waals surface area (Å²) in [4.78, 5) is 24.2. The Balaban J connectivity index is 1.31. The third-order valence-corrected chi connectivity index (χ3v) is 5.90. The molecule has 0 atom stereocenters. The summed E-state index contributed by atoms with van der Waals surface area (Å²) in [6, 6.07) is 11.9. The second-order valence-corrected chi connectivity index (χ2v) is 8.18. The number of hydrogen-bond acceptors (Lipinski definition) is 5. The molecule has 0 radical (unpaired) electrons. The molecule has 2 fully saturated rings. The molecular weight excluding hydrogens is 362 g/mol.